The number of rotatable bonds is 6. The lowest BCUT2D eigenvalue weighted by Gasteiger charge is -2.08. The van der Waals surface area contributed by atoms with Crippen LogP contribution in [-0.4, -0.2) is 24.5 Å². The molecule has 0 aliphatic rings. The number of thiazole rings is 1. The first-order valence-corrected chi connectivity index (χ1v) is 8.48. The average Bonchev–Trinajstić information content (AvgIpc) is 3.24. The van der Waals surface area contributed by atoms with Gasteiger partial charge < -0.3 is 14.5 Å². The molecule has 5 nitrogen and oxygen atoms in total. The summed E-state index contributed by atoms with van der Waals surface area (Å²) in [6.45, 7) is 2.44. The summed E-state index contributed by atoms with van der Waals surface area (Å²) in [6, 6.07) is 11.2. The van der Waals surface area contributed by atoms with E-state index in [2.05, 4.69) is 10.3 Å². The van der Waals surface area contributed by atoms with Crippen LogP contribution >= 0.6 is 11.3 Å². The first-order chi connectivity index (χ1) is 11.7. The zero-order chi connectivity index (χ0) is 16.9. The summed E-state index contributed by atoms with van der Waals surface area (Å²) in [4.78, 5) is 16.5. The molecular formula is C18H18N2O3S. The number of aromatic nitrogens is 1. The number of ether oxygens (including phenoxy) is 1. The lowest BCUT2D eigenvalue weighted by molar-refractivity contribution is 0.0927. The summed E-state index contributed by atoms with van der Waals surface area (Å²) < 4.78 is 10.9. The van der Waals surface area contributed by atoms with Crippen LogP contribution in [0.5, 0.6) is 5.75 Å². The van der Waals surface area contributed by atoms with E-state index >= 15 is 0 Å². The summed E-state index contributed by atoms with van der Waals surface area (Å²) in [5, 5.41) is 5.74. The van der Waals surface area contributed by atoms with Crippen LogP contribution in [0, 0.1) is 6.92 Å². The predicted molar refractivity (Wildman–Crippen MR) is 93.6 cm³/mol. The van der Waals surface area contributed by atoms with E-state index in [1.54, 1.807) is 30.6 Å². The maximum atomic E-state index is 12.2. The van der Waals surface area contributed by atoms with Crippen molar-refractivity contribution in [2.75, 3.05) is 13.7 Å². The minimum Gasteiger partial charge on any atom is -0.496 e. The Morgan fingerprint density at radius 3 is 2.88 bits per heavy atom. The molecule has 0 bridgehead atoms. The zero-order valence-corrected chi connectivity index (χ0v) is 14.4. The number of para-hydroxylation sites is 1. The molecule has 3 aromatic rings. The molecular weight excluding hydrogens is 324 g/mol. The Morgan fingerprint density at radius 1 is 1.29 bits per heavy atom. The van der Waals surface area contributed by atoms with Gasteiger partial charge in [-0.2, -0.15) is 0 Å². The molecule has 124 valence electrons. The molecule has 6 heteroatoms. The van der Waals surface area contributed by atoms with Crippen LogP contribution < -0.4 is 10.1 Å². The Morgan fingerprint density at radius 2 is 2.12 bits per heavy atom. The standard InChI is InChI=1S/C18H18N2O3S/c1-12-20-14(11-24-12)16-7-8-17(23-16)18(21)19-10-9-13-5-3-4-6-15(13)22-2/h3-8,11H,9-10H2,1-2H3,(H,19,21). The van der Waals surface area contributed by atoms with Gasteiger partial charge in [0.15, 0.2) is 11.5 Å². The van der Waals surface area contributed by atoms with Gasteiger partial charge in [-0.3, -0.25) is 4.79 Å². The topological polar surface area (TPSA) is 64.4 Å². The number of hydrogen-bond donors (Lipinski definition) is 1. The third-order valence-electron chi connectivity index (χ3n) is 3.57. The molecule has 0 aliphatic carbocycles. The fourth-order valence-corrected chi connectivity index (χ4v) is 2.98. The molecule has 1 N–H and O–H groups in total. The highest BCUT2D eigenvalue weighted by atomic mass is 32.1. The molecule has 24 heavy (non-hydrogen) atoms. The van der Waals surface area contributed by atoms with Crippen LogP contribution in [0.15, 0.2) is 46.2 Å². The number of carbonyl (C=O) groups excluding carboxylic acids is 1. The zero-order valence-electron chi connectivity index (χ0n) is 13.5. The molecule has 0 saturated carbocycles. The molecule has 1 amide bonds. The van der Waals surface area contributed by atoms with Gasteiger partial charge in [-0.25, -0.2) is 4.98 Å². The molecule has 0 atom stereocenters. The van der Waals surface area contributed by atoms with Gasteiger partial charge in [0, 0.05) is 11.9 Å². The van der Waals surface area contributed by atoms with E-state index in [0.717, 1.165) is 22.0 Å². The van der Waals surface area contributed by atoms with Crippen LogP contribution in [-0.2, 0) is 6.42 Å². The lowest BCUT2D eigenvalue weighted by atomic mass is 10.1. The van der Waals surface area contributed by atoms with Crippen molar-refractivity contribution in [1.82, 2.24) is 10.3 Å². The lowest BCUT2D eigenvalue weighted by Crippen LogP contribution is -2.25. The smallest absolute Gasteiger partial charge is 0.287 e. The van der Waals surface area contributed by atoms with Crippen LogP contribution in [0.1, 0.15) is 21.1 Å². The largest absolute Gasteiger partial charge is 0.496 e. The second-order valence-electron chi connectivity index (χ2n) is 5.23. The molecule has 2 heterocycles. The second-order valence-corrected chi connectivity index (χ2v) is 6.30. The van der Waals surface area contributed by atoms with Gasteiger partial charge in [0.1, 0.15) is 11.4 Å². The average molecular weight is 342 g/mol. The van der Waals surface area contributed by atoms with Crippen molar-refractivity contribution < 1.29 is 13.9 Å². The van der Waals surface area contributed by atoms with Crippen molar-refractivity contribution in [2.24, 2.45) is 0 Å². The third kappa shape index (κ3) is 3.65. The number of furan rings is 1. The Balaban J connectivity index is 1.58. The first kappa shape index (κ1) is 16.3. The van der Waals surface area contributed by atoms with E-state index in [1.807, 2.05) is 36.6 Å². The predicted octanol–water partition coefficient (Wildman–Crippen LogP) is 3.69. The minimum absolute atomic E-state index is 0.233. The normalized spacial score (nSPS) is 10.6. The SMILES string of the molecule is COc1ccccc1CCNC(=O)c1ccc(-c2csc(C)n2)o1. The van der Waals surface area contributed by atoms with Gasteiger partial charge >= 0.3 is 0 Å². The molecule has 0 fully saturated rings. The maximum Gasteiger partial charge on any atom is 0.287 e. The highest BCUT2D eigenvalue weighted by Crippen LogP contribution is 2.23. The number of benzene rings is 1. The fourth-order valence-electron chi connectivity index (χ4n) is 2.38. The highest BCUT2D eigenvalue weighted by Gasteiger charge is 2.13. The fraction of sp³-hybridized carbons (Fsp3) is 0.222. The molecule has 0 aliphatic heterocycles. The quantitative estimate of drug-likeness (QED) is 0.742. The summed E-state index contributed by atoms with van der Waals surface area (Å²) >= 11 is 1.55. The van der Waals surface area contributed by atoms with E-state index in [1.165, 1.54) is 0 Å². The minimum atomic E-state index is -0.233. The molecule has 1 aromatic carbocycles. The summed E-state index contributed by atoms with van der Waals surface area (Å²) in [5.74, 6) is 1.49. The number of carbonyl (C=O) groups is 1. The van der Waals surface area contributed by atoms with Crippen LogP contribution in [0.25, 0.3) is 11.5 Å². The monoisotopic (exact) mass is 342 g/mol. The molecule has 0 unspecified atom stereocenters. The van der Waals surface area contributed by atoms with Crippen molar-refractivity contribution in [3.63, 3.8) is 0 Å². The number of methoxy groups -OCH3 is 1. The van der Waals surface area contributed by atoms with Crippen molar-refractivity contribution in [2.45, 2.75) is 13.3 Å². The molecule has 3 rings (SSSR count). The number of hydrogen-bond acceptors (Lipinski definition) is 5. The van der Waals surface area contributed by atoms with Gasteiger partial charge in [0.05, 0.1) is 12.1 Å². The van der Waals surface area contributed by atoms with Crippen LogP contribution in [0.2, 0.25) is 0 Å². The molecule has 0 saturated heterocycles. The molecule has 0 spiro atoms. The van der Waals surface area contributed by atoms with Gasteiger partial charge in [-0.15, -0.1) is 11.3 Å². The first-order valence-electron chi connectivity index (χ1n) is 7.60. The van der Waals surface area contributed by atoms with Gasteiger partial charge in [0.25, 0.3) is 5.91 Å². The number of nitrogens with one attached hydrogen (secondary N) is 1. The maximum absolute atomic E-state index is 12.2. The van der Waals surface area contributed by atoms with Gasteiger partial charge in [-0.1, -0.05) is 18.2 Å². The van der Waals surface area contributed by atoms with E-state index in [0.29, 0.717) is 18.7 Å². The van der Waals surface area contributed by atoms with E-state index in [4.69, 9.17) is 9.15 Å². The number of nitrogens with zero attached hydrogens (tertiary/aromatic N) is 1. The van der Waals surface area contributed by atoms with Crippen molar-refractivity contribution in [1.29, 1.82) is 0 Å². The van der Waals surface area contributed by atoms with E-state index in [9.17, 15) is 4.79 Å². The summed E-state index contributed by atoms with van der Waals surface area (Å²) in [6.07, 6.45) is 0.689. The Labute approximate surface area is 144 Å². The molecule has 0 radical (unpaired) electrons. The second kappa shape index (κ2) is 7.31. The third-order valence-corrected chi connectivity index (χ3v) is 4.35. The van der Waals surface area contributed by atoms with Crippen molar-refractivity contribution >= 4 is 17.2 Å². The Hall–Kier alpha value is -2.60. The van der Waals surface area contributed by atoms with Crippen LogP contribution in [0.4, 0.5) is 0 Å². The number of amides is 1. The van der Waals surface area contributed by atoms with Gasteiger partial charge in [0.2, 0.25) is 0 Å². The molecule has 2 aromatic heterocycles. The van der Waals surface area contributed by atoms with Crippen molar-refractivity contribution in [3.8, 4) is 17.2 Å². The van der Waals surface area contributed by atoms with Crippen molar-refractivity contribution in [3.05, 3.63) is 58.1 Å². The summed E-state index contributed by atoms with van der Waals surface area (Å²) in [5.41, 5.74) is 1.81. The Bertz CT molecular complexity index is 838. The van der Waals surface area contributed by atoms with E-state index < -0.39 is 0 Å². The summed E-state index contributed by atoms with van der Waals surface area (Å²) in [7, 11) is 1.64. The Kier molecular flexibility index (Phi) is 4.96. The number of aryl methyl sites for hydroxylation is 1. The highest BCUT2D eigenvalue weighted by molar-refractivity contribution is 7.09. The van der Waals surface area contributed by atoms with E-state index in [-0.39, 0.29) is 11.7 Å². The van der Waals surface area contributed by atoms with Gasteiger partial charge in [-0.05, 0) is 37.1 Å². The van der Waals surface area contributed by atoms with Crippen LogP contribution in [0.3, 0.4) is 0 Å².